The van der Waals surface area contributed by atoms with Crippen molar-refractivity contribution in [2.24, 2.45) is 22.2 Å². The quantitative estimate of drug-likeness (QED) is 0.383. The summed E-state index contributed by atoms with van der Waals surface area (Å²) >= 11 is 0. The number of amides is 1. The van der Waals surface area contributed by atoms with Crippen LogP contribution in [0.1, 0.15) is 36.0 Å². The van der Waals surface area contributed by atoms with Crippen LogP contribution in [0.2, 0.25) is 0 Å². The molecule has 142 valence electrons. The van der Waals surface area contributed by atoms with Gasteiger partial charge in [-0.15, -0.1) is 0 Å². The Balaban J connectivity index is 1.82. The number of anilines is 3. The molecule has 2 atom stereocenters. The van der Waals surface area contributed by atoms with E-state index in [0.717, 1.165) is 37.1 Å². The minimum atomic E-state index is -0.609. The van der Waals surface area contributed by atoms with E-state index in [2.05, 4.69) is 25.6 Å². The molecule has 9 nitrogen and oxygen atoms in total. The van der Waals surface area contributed by atoms with Gasteiger partial charge in [-0.25, -0.2) is 9.98 Å². The molecule has 0 saturated heterocycles. The van der Waals surface area contributed by atoms with Crippen LogP contribution in [0.5, 0.6) is 0 Å². The van der Waals surface area contributed by atoms with E-state index in [-0.39, 0.29) is 17.6 Å². The van der Waals surface area contributed by atoms with Crippen LogP contribution < -0.4 is 27.8 Å². The Labute approximate surface area is 157 Å². The Bertz CT molecular complexity index is 821. The predicted molar refractivity (Wildman–Crippen MR) is 106 cm³/mol. The second-order valence-electron chi connectivity index (χ2n) is 6.47. The third-order valence-corrected chi connectivity index (χ3v) is 4.54. The molecule has 1 amide bonds. The zero-order valence-electron chi connectivity index (χ0n) is 14.9. The molecule has 1 aromatic heterocycles. The molecule has 1 aliphatic carbocycles. The molecule has 1 saturated carbocycles. The van der Waals surface area contributed by atoms with Gasteiger partial charge in [0.1, 0.15) is 11.4 Å². The maximum Gasteiger partial charge on any atom is 0.254 e. The normalized spacial score (nSPS) is 19.7. The van der Waals surface area contributed by atoms with Crippen molar-refractivity contribution in [3.05, 3.63) is 36.0 Å². The van der Waals surface area contributed by atoms with Gasteiger partial charge in [-0.2, -0.15) is 4.98 Å². The summed E-state index contributed by atoms with van der Waals surface area (Å²) in [6.45, 7) is 0. The van der Waals surface area contributed by atoms with Gasteiger partial charge in [0.25, 0.3) is 5.91 Å². The van der Waals surface area contributed by atoms with Crippen LogP contribution in [0.3, 0.4) is 0 Å². The van der Waals surface area contributed by atoms with E-state index in [1.54, 1.807) is 24.3 Å². The lowest BCUT2D eigenvalue weighted by molar-refractivity contribution is 0.100. The van der Waals surface area contributed by atoms with Gasteiger partial charge in [0.2, 0.25) is 5.95 Å². The van der Waals surface area contributed by atoms with Gasteiger partial charge < -0.3 is 27.8 Å². The second kappa shape index (κ2) is 8.45. The highest BCUT2D eigenvalue weighted by molar-refractivity contribution is 5.98. The summed E-state index contributed by atoms with van der Waals surface area (Å²) in [4.78, 5) is 24.4. The van der Waals surface area contributed by atoms with Crippen LogP contribution in [0, 0.1) is 0 Å². The number of aromatic nitrogens is 2. The molecular formula is C18H24N8O. The highest BCUT2D eigenvalue weighted by Crippen LogP contribution is 2.24. The number of nitrogens with two attached hydrogens (primary N) is 3. The molecule has 0 radical (unpaired) electrons. The highest BCUT2D eigenvalue weighted by atomic mass is 16.1. The summed E-state index contributed by atoms with van der Waals surface area (Å²) in [5.74, 6) is 0.136. The number of hydrogen-bond acceptors (Lipinski definition) is 7. The Hall–Kier alpha value is -3.20. The van der Waals surface area contributed by atoms with E-state index in [9.17, 15) is 4.79 Å². The van der Waals surface area contributed by atoms with E-state index in [0.29, 0.717) is 11.8 Å². The van der Waals surface area contributed by atoms with Crippen molar-refractivity contribution >= 4 is 35.4 Å². The van der Waals surface area contributed by atoms with Crippen molar-refractivity contribution in [1.29, 1.82) is 0 Å². The van der Waals surface area contributed by atoms with Gasteiger partial charge in [0, 0.05) is 24.0 Å². The molecule has 0 unspecified atom stereocenters. The van der Waals surface area contributed by atoms with Crippen molar-refractivity contribution < 1.29 is 4.79 Å². The average molecular weight is 368 g/mol. The number of nitrogens with one attached hydrogen (secondary N) is 2. The molecule has 0 aliphatic heterocycles. The number of hydrogen-bond donors (Lipinski definition) is 5. The fraction of sp³-hybridized carbons (Fsp3) is 0.333. The van der Waals surface area contributed by atoms with Crippen molar-refractivity contribution in [3.8, 4) is 0 Å². The maximum absolute atomic E-state index is 11.7. The Morgan fingerprint density at radius 1 is 1.22 bits per heavy atom. The number of carbonyl (C=O) groups excluding carboxylic acids is 1. The summed E-state index contributed by atoms with van der Waals surface area (Å²) in [5, 5.41) is 6.38. The minimum Gasteiger partial charge on any atom is -0.390 e. The van der Waals surface area contributed by atoms with Crippen LogP contribution in [0.4, 0.5) is 23.1 Å². The highest BCUT2D eigenvalue weighted by Gasteiger charge is 2.23. The molecule has 1 aromatic carbocycles. The number of aliphatic imine (C=N–C) groups is 1. The van der Waals surface area contributed by atoms with Crippen molar-refractivity contribution in [3.63, 3.8) is 0 Å². The van der Waals surface area contributed by atoms with Crippen LogP contribution in [0.15, 0.2) is 35.5 Å². The van der Waals surface area contributed by atoms with E-state index in [1.807, 2.05) is 0 Å². The van der Waals surface area contributed by atoms with Gasteiger partial charge in [0.15, 0.2) is 0 Å². The molecule has 27 heavy (non-hydrogen) atoms. The third kappa shape index (κ3) is 4.70. The van der Waals surface area contributed by atoms with Crippen LogP contribution in [-0.2, 0) is 0 Å². The fourth-order valence-corrected chi connectivity index (χ4v) is 3.09. The average Bonchev–Trinajstić information content (AvgIpc) is 2.65. The van der Waals surface area contributed by atoms with E-state index in [1.165, 1.54) is 12.5 Å². The summed E-state index contributed by atoms with van der Waals surface area (Å²) in [5.41, 5.74) is 18.6. The van der Waals surface area contributed by atoms with E-state index >= 15 is 0 Å². The molecule has 0 spiro atoms. The fourth-order valence-electron chi connectivity index (χ4n) is 3.09. The first-order valence-corrected chi connectivity index (χ1v) is 8.87. The lowest BCUT2D eigenvalue weighted by Gasteiger charge is -2.29. The molecule has 9 heteroatoms. The van der Waals surface area contributed by atoms with Crippen molar-refractivity contribution in [2.45, 2.75) is 37.8 Å². The molecule has 2 aromatic rings. The topological polar surface area (TPSA) is 157 Å². The first kappa shape index (κ1) is 18.6. The number of benzene rings is 1. The Morgan fingerprint density at radius 3 is 2.63 bits per heavy atom. The summed E-state index contributed by atoms with van der Waals surface area (Å²) in [6, 6.07) is 7.36. The molecule has 1 aliphatic rings. The van der Waals surface area contributed by atoms with Crippen LogP contribution >= 0.6 is 0 Å². The van der Waals surface area contributed by atoms with Crippen molar-refractivity contribution in [2.75, 3.05) is 10.6 Å². The Morgan fingerprint density at radius 2 is 1.96 bits per heavy atom. The lowest BCUT2D eigenvalue weighted by atomic mass is 9.91. The molecule has 1 heterocycles. The van der Waals surface area contributed by atoms with Gasteiger partial charge in [0.05, 0.1) is 12.0 Å². The van der Waals surface area contributed by atoms with E-state index < -0.39 is 5.91 Å². The lowest BCUT2D eigenvalue weighted by Crippen LogP contribution is -2.43. The third-order valence-electron chi connectivity index (χ3n) is 4.54. The molecular weight excluding hydrogens is 344 g/mol. The van der Waals surface area contributed by atoms with Crippen molar-refractivity contribution in [1.82, 2.24) is 9.97 Å². The minimum absolute atomic E-state index is 0.0604. The van der Waals surface area contributed by atoms with Crippen LogP contribution in [-0.4, -0.2) is 34.3 Å². The molecule has 8 N–H and O–H groups in total. The second-order valence-corrected chi connectivity index (χ2v) is 6.47. The SMILES string of the molecule is NC=Nc1ccc(Nc2nc(N[C@@H]3CCCC[C@@H]3N)ncc2C(N)=O)cc1. The molecule has 3 rings (SSSR count). The largest absolute Gasteiger partial charge is 0.390 e. The zero-order chi connectivity index (χ0) is 19.2. The zero-order valence-corrected chi connectivity index (χ0v) is 14.9. The van der Waals surface area contributed by atoms with Gasteiger partial charge in [-0.3, -0.25) is 4.79 Å². The van der Waals surface area contributed by atoms with Crippen LogP contribution in [0.25, 0.3) is 0 Å². The van der Waals surface area contributed by atoms with E-state index in [4.69, 9.17) is 17.2 Å². The van der Waals surface area contributed by atoms with Gasteiger partial charge in [-0.05, 0) is 37.1 Å². The summed E-state index contributed by atoms with van der Waals surface area (Å²) in [6.07, 6.45) is 6.84. The Kier molecular flexibility index (Phi) is 5.82. The standard InChI is InChI=1S/C18H24N8O/c19-10-23-11-5-7-12(8-6-11)24-17-13(16(21)27)9-22-18(26-17)25-15-4-2-1-3-14(15)20/h5-10,14-15H,1-4,20H2,(H2,19,23)(H2,21,27)(H2,22,24,25,26)/t14-,15+/m0/s1. The monoisotopic (exact) mass is 368 g/mol. The van der Waals surface area contributed by atoms with Gasteiger partial charge >= 0.3 is 0 Å². The molecule has 1 fully saturated rings. The summed E-state index contributed by atoms with van der Waals surface area (Å²) < 4.78 is 0. The number of rotatable bonds is 6. The smallest absolute Gasteiger partial charge is 0.254 e. The molecule has 0 bridgehead atoms. The number of carbonyl (C=O) groups is 1. The number of primary amides is 1. The first-order valence-electron chi connectivity index (χ1n) is 8.87. The van der Waals surface area contributed by atoms with Gasteiger partial charge in [-0.1, -0.05) is 12.8 Å². The predicted octanol–water partition coefficient (Wildman–Crippen LogP) is 1.62. The summed E-state index contributed by atoms with van der Waals surface area (Å²) in [7, 11) is 0. The maximum atomic E-state index is 11.7. The first-order chi connectivity index (χ1) is 13.1. The number of nitrogens with zero attached hydrogens (tertiary/aromatic N) is 3.